The molecule has 0 bridgehead atoms. The Bertz CT molecular complexity index is 276. The van der Waals surface area contributed by atoms with Gasteiger partial charge in [0.15, 0.2) is 0 Å². The van der Waals surface area contributed by atoms with Gasteiger partial charge < -0.3 is 10.1 Å². The summed E-state index contributed by atoms with van der Waals surface area (Å²) in [5.74, 6) is 0. The molecular formula is C15H28N2O. The summed E-state index contributed by atoms with van der Waals surface area (Å²) in [4.78, 5) is 2.74. The van der Waals surface area contributed by atoms with Crippen molar-refractivity contribution < 1.29 is 4.74 Å². The number of ether oxygens (including phenoxy) is 1. The summed E-state index contributed by atoms with van der Waals surface area (Å²) in [6.45, 7) is 3.54. The molecule has 3 rings (SSSR count). The molecule has 0 aromatic rings. The lowest BCUT2D eigenvalue weighted by Crippen LogP contribution is -2.53. The standard InChI is InChI=1S/C15H28N2O/c1-16-13-5-4-9-17(12-13)14-6-10-18-15(11-14)7-2-3-8-15/h13-14,16H,2-12H2,1H3. The van der Waals surface area contributed by atoms with Crippen LogP contribution in [-0.2, 0) is 4.74 Å². The molecule has 2 heterocycles. The first kappa shape index (κ1) is 12.9. The van der Waals surface area contributed by atoms with E-state index in [1.54, 1.807) is 0 Å². The smallest absolute Gasteiger partial charge is 0.0697 e. The van der Waals surface area contributed by atoms with Crippen LogP contribution in [0.1, 0.15) is 51.4 Å². The van der Waals surface area contributed by atoms with Gasteiger partial charge in [-0.1, -0.05) is 12.8 Å². The molecular weight excluding hydrogens is 224 g/mol. The number of nitrogens with zero attached hydrogens (tertiary/aromatic N) is 1. The first-order chi connectivity index (χ1) is 8.81. The van der Waals surface area contributed by atoms with Crippen molar-refractivity contribution >= 4 is 0 Å². The molecule has 0 aromatic carbocycles. The highest BCUT2D eigenvalue weighted by molar-refractivity contribution is 4.95. The fourth-order valence-electron chi connectivity index (χ4n) is 4.26. The van der Waals surface area contributed by atoms with Crippen LogP contribution in [-0.4, -0.2) is 49.3 Å². The molecule has 0 radical (unpaired) electrons. The highest BCUT2D eigenvalue weighted by atomic mass is 16.5. The maximum absolute atomic E-state index is 6.16. The molecule has 3 fully saturated rings. The number of hydrogen-bond acceptors (Lipinski definition) is 3. The van der Waals surface area contributed by atoms with Crippen molar-refractivity contribution in [3.8, 4) is 0 Å². The van der Waals surface area contributed by atoms with Crippen molar-refractivity contribution in [3.63, 3.8) is 0 Å². The zero-order valence-corrected chi connectivity index (χ0v) is 11.8. The van der Waals surface area contributed by atoms with Crippen LogP contribution in [0.25, 0.3) is 0 Å². The van der Waals surface area contributed by atoms with Crippen molar-refractivity contribution in [2.45, 2.75) is 69.1 Å². The quantitative estimate of drug-likeness (QED) is 0.815. The fraction of sp³-hybridized carbons (Fsp3) is 1.00. The lowest BCUT2D eigenvalue weighted by atomic mass is 9.87. The van der Waals surface area contributed by atoms with Gasteiger partial charge in [-0.05, 0) is 52.1 Å². The molecule has 1 saturated carbocycles. The van der Waals surface area contributed by atoms with E-state index in [0.29, 0.717) is 6.04 Å². The Kier molecular flexibility index (Phi) is 3.92. The van der Waals surface area contributed by atoms with Crippen molar-refractivity contribution in [3.05, 3.63) is 0 Å². The van der Waals surface area contributed by atoms with Gasteiger partial charge in [-0.2, -0.15) is 0 Å². The fourth-order valence-corrected chi connectivity index (χ4v) is 4.26. The van der Waals surface area contributed by atoms with E-state index in [-0.39, 0.29) is 5.60 Å². The molecule has 104 valence electrons. The van der Waals surface area contributed by atoms with Crippen LogP contribution in [0.15, 0.2) is 0 Å². The van der Waals surface area contributed by atoms with E-state index in [2.05, 4.69) is 17.3 Å². The van der Waals surface area contributed by atoms with E-state index in [1.165, 1.54) is 64.5 Å². The number of rotatable bonds is 2. The Labute approximate surface area is 111 Å². The largest absolute Gasteiger partial charge is 0.375 e. The minimum Gasteiger partial charge on any atom is -0.375 e. The SMILES string of the molecule is CNC1CCCN(C2CCOC3(CCCC3)C2)C1. The molecule has 2 aliphatic heterocycles. The van der Waals surface area contributed by atoms with Gasteiger partial charge in [0.25, 0.3) is 0 Å². The van der Waals surface area contributed by atoms with Crippen LogP contribution in [0, 0.1) is 0 Å². The average molecular weight is 252 g/mol. The van der Waals surface area contributed by atoms with E-state index < -0.39 is 0 Å². The first-order valence-corrected chi connectivity index (χ1v) is 7.87. The van der Waals surface area contributed by atoms with Crippen molar-refractivity contribution in [2.24, 2.45) is 0 Å². The van der Waals surface area contributed by atoms with Gasteiger partial charge in [0.2, 0.25) is 0 Å². The van der Waals surface area contributed by atoms with E-state index in [1.807, 2.05) is 0 Å². The summed E-state index contributed by atoms with van der Waals surface area (Å²) in [5.41, 5.74) is 0.273. The Morgan fingerprint density at radius 1 is 1.17 bits per heavy atom. The molecule has 0 amide bonds. The van der Waals surface area contributed by atoms with Gasteiger partial charge >= 0.3 is 0 Å². The summed E-state index contributed by atoms with van der Waals surface area (Å²) >= 11 is 0. The van der Waals surface area contributed by atoms with Crippen LogP contribution in [0.4, 0.5) is 0 Å². The Hall–Kier alpha value is -0.120. The number of piperidine rings is 1. The van der Waals surface area contributed by atoms with Gasteiger partial charge in [-0.25, -0.2) is 0 Å². The topological polar surface area (TPSA) is 24.5 Å². The third kappa shape index (κ3) is 2.59. The summed E-state index contributed by atoms with van der Waals surface area (Å²) in [7, 11) is 2.11. The highest BCUT2D eigenvalue weighted by Crippen LogP contribution is 2.41. The lowest BCUT2D eigenvalue weighted by Gasteiger charge is -2.45. The molecule has 1 N–H and O–H groups in total. The van der Waals surface area contributed by atoms with Gasteiger partial charge in [-0.3, -0.25) is 4.90 Å². The summed E-state index contributed by atoms with van der Waals surface area (Å²) in [6.07, 6.45) is 10.6. The Morgan fingerprint density at radius 2 is 2.00 bits per heavy atom. The second-order valence-corrected chi connectivity index (χ2v) is 6.51. The molecule has 0 aromatic heterocycles. The molecule has 2 unspecified atom stereocenters. The van der Waals surface area contributed by atoms with Gasteiger partial charge in [0.1, 0.15) is 0 Å². The monoisotopic (exact) mass is 252 g/mol. The van der Waals surface area contributed by atoms with Gasteiger partial charge in [0, 0.05) is 25.2 Å². The van der Waals surface area contributed by atoms with Crippen LogP contribution in [0.2, 0.25) is 0 Å². The molecule has 1 aliphatic carbocycles. The predicted octanol–water partition coefficient (Wildman–Crippen LogP) is 2.16. The molecule has 3 nitrogen and oxygen atoms in total. The molecule has 3 aliphatic rings. The predicted molar refractivity (Wildman–Crippen MR) is 73.8 cm³/mol. The molecule has 1 spiro atoms. The van der Waals surface area contributed by atoms with E-state index in [0.717, 1.165) is 12.6 Å². The van der Waals surface area contributed by atoms with Crippen LogP contribution >= 0.6 is 0 Å². The molecule has 18 heavy (non-hydrogen) atoms. The number of hydrogen-bond donors (Lipinski definition) is 1. The maximum Gasteiger partial charge on any atom is 0.0697 e. The van der Waals surface area contributed by atoms with Gasteiger partial charge in [-0.15, -0.1) is 0 Å². The van der Waals surface area contributed by atoms with Crippen LogP contribution in [0.3, 0.4) is 0 Å². The molecule has 2 atom stereocenters. The summed E-state index contributed by atoms with van der Waals surface area (Å²) in [6, 6.07) is 1.49. The number of likely N-dealkylation sites (N-methyl/N-ethyl adjacent to an activating group) is 1. The first-order valence-electron chi connectivity index (χ1n) is 7.87. The van der Waals surface area contributed by atoms with Crippen molar-refractivity contribution in [1.82, 2.24) is 10.2 Å². The van der Waals surface area contributed by atoms with Crippen molar-refractivity contribution in [2.75, 3.05) is 26.7 Å². The van der Waals surface area contributed by atoms with E-state index >= 15 is 0 Å². The highest BCUT2D eigenvalue weighted by Gasteiger charge is 2.41. The van der Waals surface area contributed by atoms with Crippen molar-refractivity contribution in [1.29, 1.82) is 0 Å². The second-order valence-electron chi connectivity index (χ2n) is 6.51. The third-order valence-corrected chi connectivity index (χ3v) is 5.36. The van der Waals surface area contributed by atoms with Crippen LogP contribution < -0.4 is 5.32 Å². The Balaban J connectivity index is 1.61. The Morgan fingerprint density at radius 3 is 2.78 bits per heavy atom. The van der Waals surface area contributed by atoms with E-state index in [9.17, 15) is 0 Å². The minimum absolute atomic E-state index is 0.273. The number of likely N-dealkylation sites (tertiary alicyclic amines) is 1. The average Bonchev–Trinajstić information content (AvgIpc) is 2.87. The zero-order valence-electron chi connectivity index (χ0n) is 11.8. The minimum atomic E-state index is 0.273. The molecule has 2 saturated heterocycles. The van der Waals surface area contributed by atoms with Gasteiger partial charge in [0.05, 0.1) is 5.60 Å². The second kappa shape index (κ2) is 5.48. The van der Waals surface area contributed by atoms with Crippen LogP contribution in [0.5, 0.6) is 0 Å². The third-order valence-electron chi connectivity index (χ3n) is 5.36. The zero-order chi connectivity index (χ0) is 12.4. The molecule has 3 heteroatoms. The maximum atomic E-state index is 6.16. The summed E-state index contributed by atoms with van der Waals surface area (Å²) in [5, 5.41) is 3.46. The lowest BCUT2D eigenvalue weighted by molar-refractivity contribution is -0.104. The van der Waals surface area contributed by atoms with E-state index in [4.69, 9.17) is 4.74 Å². The normalized spacial score (nSPS) is 37.2. The number of nitrogens with one attached hydrogen (secondary N) is 1. The summed E-state index contributed by atoms with van der Waals surface area (Å²) < 4.78 is 6.16.